The lowest BCUT2D eigenvalue weighted by molar-refractivity contribution is 0.0512. The Hall–Kier alpha value is 0.0569. The highest BCUT2D eigenvalue weighted by atomic mass is 28.4. The molecule has 0 unspecified atom stereocenters. The molecule has 5 heteroatoms. The van der Waals surface area contributed by atoms with Crippen molar-refractivity contribution < 1.29 is 18.3 Å². The smallest absolute Gasteiger partial charge is 0.334 e. The van der Waals surface area contributed by atoms with Gasteiger partial charge in [-0.2, -0.15) is 0 Å². The molecule has 0 N–H and O–H groups in total. The van der Waals surface area contributed by atoms with E-state index >= 15 is 0 Å². The summed E-state index contributed by atoms with van der Waals surface area (Å²) in [5.41, 5.74) is 0. The molecule has 0 aromatic rings. The first-order valence-electron chi connectivity index (χ1n) is 10.6. The highest BCUT2D eigenvalue weighted by Gasteiger charge is 2.29. The predicted molar refractivity (Wildman–Crippen MR) is 109 cm³/mol. The van der Waals surface area contributed by atoms with Gasteiger partial charge in [0.05, 0.1) is 13.2 Å². The van der Waals surface area contributed by atoms with Crippen molar-refractivity contribution in [1.29, 1.82) is 0 Å². The molecule has 0 aromatic carbocycles. The van der Waals surface area contributed by atoms with Crippen LogP contribution >= 0.6 is 0 Å². The normalized spacial score (nSPS) is 12.0. The zero-order valence-corrected chi connectivity index (χ0v) is 18.4. The van der Waals surface area contributed by atoms with Crippen molar-refractivity contribution in [2.24, 2.45) is 0 Å². The van der Waals surface area contributed by atoms with Crippen molar-refractivity contribution in [1.82, 2.24) is 0 Å². The fraction of sp³-hybridized carbons (Fsp3) is 1.00. The molecule has 0 spiro atoms. The molecule has 0 fully saturated rings. The van der Waals surface area contributed by atoms with E-state index in [0.717, 1.165) is 45.7 Å². The molecule has 0 aliphatic rings. The molecule has 0 radical (unpaired) electrons. The van der Waals surface area contributed by atoms with Gasteiger partial charge in [-0.1, -0.05) is 51.4 Å². The first-order chi connectivity index (χ1) is 12.2. The number of hydrogen-bond donors (Lipinski definition) is 0. The molecule has 152 valence electrons. The fourth-order valence-corrected chi connectivity index (χ4v) is 5.53. The molecule has 0 aliphatic heterocycles. The van der Waals surface area contributed by atoms with Crippen LogP contribution in [0.4, 0.5) is 0 Å². The average molecular weight is 377 g/mol. The van der Waals surface area contributed by atoms with Gasteiger partial charge in [-0.25, -0.2) is 0 Å². The van der Waals surface area contributed by atoms with Crippen LogP contribution in [0.25, 0.3) is 0 Å². The molecule has 0 amide bonds. The van der Waals surface area contributed by atoms with Gasteiger partial charge in [-0.15, -0.1) is 0 Å². The lowest BCUT2D eigenvalue weighted by Crippen LogP contribution is -2.38. The number of unbranched alkanes of at least 4 members (excludes halogenated alkanes) is 8. The summed E-state index contributed by atoms with van der Waals surface area (Å²) in [6, 6.07) is 1.14. The summed E-state index contributed by atoms with van der Waals surface area (Å²) in [7, 11) is -1.87. The summed E-state index contributed by atoms with van der Waals surface area (Å²) in [5.74, 6) is 0. The molecule has 0 saturated heterocycles. The molecule has 4 nitrogen and oxygen atoms in total. The standard InChI is InChI=1S/C20H44O4Si/c1-5-21-18-19-22-17-15-13-11-9-8-10-12-14-16-20-25(4,23-6-2)24-7-3/h5-20H2,1-4H3. The molecule has 0 aromatic heterocycles. The van der Waals surface area contributed by atoms with Gasteiger partial charge in [-0.05, 0) is 39.8 Å². The molecular weight excluding hydrogens is 332 g/mol. The third kappa shape index (κ3) is 17.2. The van der Waals surface area contributed by atoms with Gasteiger partial charge >= 0.3 is 8.56 Å². The first kappa shape index (κ1) is 25.1. The maximum Gasteiger partial charge on any atom is 0.334 e. The highest BCUT2D eigenvalue weighted by molar-refractivity contribution is 6.66. The number of hydrogen-bond acceptors (Lipinski definition) is 4. The highest BCUT2D eigenvalue weighted by Crippen LogP contribution is 2.19. The Balaban J connectivity index is 3.28. The fourth-order valence-electron chi connectivity index (χ4n) is 3.05. The Morgan fingerprint density at radius 2 is 1.00 bits per heavy atom. The zero-order chi connectivity index (χ0) is 18.6. The summed E-state index contributed by atoms with van der Waals surface area (Å²) >= 11 is 0. The van der Waals surface area contributed by atoms with Crippen LogP contribution in [0, 0.1) is 0 Å². The van der Waals surface area contributed by atoms with E-state index in [1.165, 1.54) is 57.8 Å². The predicted octanol–water partition coefficient (Wildman–Crippen LogP) is 5.70. The van der Waals surface area contributed by atoms with Crippen LogP contribution in [0.5, 0.6) is 0 Å². The van der Waals surface area contributed by atoms with Crippen LogP contribution in [0.3, 0.4) is 0 Å². The Labute approximate surface area is 158 Å². The molecule has 0 saturated carbocycles. The van der Waals surface area contributed by atoms with Crippen molar-refractivity contribution >= 4 is 8.56 Å². The quantitative estimate of drug-likeness (QED) is 0.202. The van der Waals surface area contributed by atoms with Crippen molar-refractivity contribution in [3.05, 3.63) is 0 Å². The summed E-state index contributed by atoms with van der Waals surface area (Å²) in [4.78, 5) is 0. The summed E-state index contributed by atoms with van der Waals surface area (Å²) in [6.07, 6.45) is 11.8. The van der Waals surface area contributed by atoms with Crippen molar-refractivity contribution in [3.8, 4) is 0 Å². The Kier molecular flexibility index (Phi) is 18.9. The monoisotopic (exact) mass is 376 g/mol. The van der Waals surface area contributed by atoms with Gasteiger partial charge in [0, 0.05) is 26.4 Å². The average Bonchev–Trinajstić information content (AvgIpc) is 2.59. The SMILES string of the molecule is CCOCCOCCCCCCCCCCC[Si](C)(OCC)OCC. The second-order valence-electron chi connectivity index (χ2n) is 6.74. The molecule has 0 atom stereocenters. The topological polar surface area (TPSA) is 36.9 Å². The van der Waals surface area contributed by atoms with Gasteiger partial charge in [0.2, 0.25) is 0 Å². The third-order valence-electron chi connectivity index (χ3n) is 4.40. The maximum atomic E-state index is 5.89. The Morgan fingerprint density at radius 1 is 0.520 bits per heavy atom. The maximum absolute atomic E-state index is 5.89. The van der Waals surface area contributed by atoms with Crippen molar-refractivity contribution in [3.63, 3.8) is 0 Å². The summed E-state index contributed by atoms with van der Waals surface area (Å²) in [6.45, 7) is 13.0. The lowest BCUT2D eigenvalue weighted by atomic mass is 10.1. The van der Waals surface area contributed by atoms with Gasteiger partial charge in [-0.3, -0.25) is 0 Å². The van der Waals surface area contributed by atoms with Gasteiger partial charge < -0.3 is 18.3 Å². The number of rotatable bonds is 20. The van der Waals surface area contributed by atoms with Crippen molar-refractivity contribution in [2.45, 2.75) is 91.1 Å². The zero-order valence-electron chi connectivity index (χ0n) is 17.4. The van der Waals surface area contributed by atoms with Crippen LogP contribution < -0.4 is 0 Å². The van der Waals surface area contributed by atoms with Gasteiger partial charge in [0.25, 0.3) is 0 Å². The molecule has 0 bridgehead atoms. The van der Waals surface area contributed by atoms with Gasteiger partial charge in [0.15, 0.2) is 0 Å². The molecule has 0 heterocycles. The van der Waals surface area contributed by atoms with Crippen LogP contribution in [0.15, 0.2) is 0 Å². The second kappa shape index (κ2) is 18.8. The Bertz CT molecular complexity index is 258. The summed E-state index contributed by atoms with van der Waals surface area (Å²) < 4.78 is 22.5. The van der Waals surface area contributed by atoms with E-state index in [0.29, 0.717) is 0 Å². The van der Waals surface area contributed by atoms with E-state index in [1.54, 1.807) is 0 Å². The minimum Gasteiger partial charge on any atom is -0.395 e. The van der Waals surface area contributed by atoms with Crippen LogP contribution in [-0.2, 0) is 18.3 Å². The molecule has 0 aliphatic carbocycles. The largest absolute Gasteiger partial charge is 0.395 e. The van der Waals surface area contributed by atoms with E-state index in [9.17, 15) is 0 Å². The van der Waals surface area contributed by atoms with E-state index in [2.05, 4.69) is 20.4 Å². The summed E-state index contributed by atoms with van der Waals surface area (Å²) in [5, 5.41) is 0. The minimum atomic E-state index is -1.87. The van der Waals surface area contributed by atoms with Gasteiger partial charge in [0.1, 0.15) is 0 Å². The van der Waals surface area contributed by atoms with Crippen LogP contribution in [0.2, 0.25) is 12.6 Å². The van der Waals surface area contributed by atoms with E-state index in [1.807, 2.05) is 6.92 Å². The number of ether oxygens (including phenoxy) is 2. The van der Waals surface area contributed by atoms with E-state index in [-0.39, 0.29) is 0 Å². The Morgan fingerprint density at radius 3 is 1.52 bits per heavy atom. The molecule has 0 rings (SSSR count). The van der Waals surface area contributed by atoms with E-state index < -0.39 is 8.56 Å². The molecule has 25 heavy (non-hydrogen) atoms. The van der Waals surface area contributed by atoms with E-state index in [4.69, 9.17) is 18.3 Å². The van der Waals surface area contributed by atoms with Crippen molar-refractivity contribution in [2.75, 3.05) is 39.6 Å². The molecular formula is C20H44O4Si. The first-order valence-corrected chi connectivity index (χ1v) is 13.1. The van der Waals surface area contributed by atoms with Crippen LogP contribution in [-0.4, -0.2) is 48.2 Å². The second-order valence-corrected chi connectivity index (χ2v) is 10.1. The lowest BCUT2D eigenvalue weighted by Gasteiger charge is -2.25. The third-order valence-corrected chi connectivity index (χ3v) is 7.46. The minimum absolute atomic E-state index is 0.729. The van der Waals surface area contributed by atoms with Crippen LogP contribution in [0.1, 0.15) is 78.6 Å².